The molecule has 1 aromatic heterocycles. The molecule has 0 aliphatic heterocycles. The van der Waals surface area contributed by atoms with Gasteiger partial charge in [-0.05, 0) is 24.3 Å². The Kier molecular flexibility index (Phi) is 5.15. The van der Waals surface area contributed by atoms with Gasteiger partial charge in [-0.15, -0.1) is 5.10 Å². The normalized spacial score (nSPS) is 10.7. The summed E-state index contributed by atoms with van der Waals surface area (Å²) < 4.78 is 29.5. The molecular formula is C12H12F2N4O3S. The lowest BCUT2D eigenvalue weighted by Crippen LogP contribution is -2.16. The molecular weight excluding hydrogens is 318 g/mol. The van der Waals surface area contributed by atoms with Gasteiger partial charge in [0.2, 0.25) is 5.91 Å². The maximum atomic E-state index is 12.0. The summed E-state index contributed by atoms with van der Waals surface area (Å²) in [5, 5.41) is 9.00. The first-order chi connectivity index (χ1) is 10.5. The molecule has 0 saturated carbocycles. The van der Waals surface area contributed by atoms with Crippen molar-refractivity contribution in [3.05, 3.63) is 34.7 Å². The molecule has 1 aromatic carbocycles. The number of amides is 1. The van der Waals surface area contributed by atoms with Gasteiger partial charge in [0.1, 0.15) is 5.75 Å². The number of hydrogen-bond donors (Lipinski definition) is 2. The number of benzene rings is 1. The second kappa shape index (κ2) is 7.07. The lowest BCUT2D eigenvalue weighted by atomic mass is 10.3. The molecule has 0 spiro atoms. The Morgan fingerprint density at radius 2 is 2.14 bits per heavy atom. The van der Waals surface area contributed by atoms with Crippen molar-refractivity contribution in [2.24, 2.45) is 7.05 Å². The monoisotopic (exact) mass is 330 g/mol. The fourth-order valence-electron chi connectivity index (χ4n) is 1.51. The summed E-state index contributed by atoms with van der Waals surface area (Å²) in [6, 6.07) is 5.55. The van der Waals surface area contributed by atoms with Crippen molar-refractivity contribution in [2.75, 3.05) is 11.1 Å². The Hall–Kier alpha value is -2.36. The van der Waals surface area contributed by atoms with Crippen molar-refractivity contribution in [1.29, 1.82) is 0 Å². The van der Waals surface area contributed by atoms with E-state index >= 15 is 0 Å². The van der Waals surface area contributed by atoms with Crippen LogP contribution in [0.25, 0.3) is 0 Å². The van der Waals surface area contributed by atoms with E-state index in [4.69, 9.17) is 0 Å². The molecule has 2 rings (SSSR count). The molecule has 22 heavy (non-hydrogen) atoms. The number of nitrogens with zero attached hydrogens (tertiary/aromatic N) is 2. The molecule has 0 radical (unpaired) electrons. The Balaban J connectivity index is 1.86. The smallest absolute Gasteiger partial charge is 0.387 e. The van der Waals surface area contributed by atoms with Crippen LogP contribution in [-0.4, -0.2) is 33.0 Å². The number of carbonyl (C=O) groups is 1. The minimum atomic E-state index is -2.89. The number of hydrogen-bond acceptors (Lipinski definition) is 5. The summed E-state index contributed by atoms with van der Waals surface area (Å²) in [5.41, 5.74) is 0.0839. The van der Waals surface area contributed by atoms with E-state index in [-0.39, 0.29) is 23.1 Å². The van der Waals surface area contributed by atoms with E-state index in [1.54, 1.807) is 0 Å². The third-order valence-electron chi connectivity index (χ3n) is 2.53. The first kappa shape index (κ1) is 16.0. The van der Waals surface area contributed by atoms with E-state index in [2.05, 4.69) is 20.3 Å². The molecule has 10 heteroatoms. The third-order valence-corrected chi connectivity index (χ3v) is 3.56. The fraction of sp³-hybridized carbons (Fsp3) is 0.250. The van der Waals surface area contributed by atoms with Crippen molar-refractivity contribution in [1.82, 2.24) is 14.8 Å². The molecule has 0 bridgehead atoms. The first-order valence-corrected chi connectivity index (χ1v) is 7.03. The van der Waals surface area contributed by atoms with Gasteiger partial charge in [0, 0.05) is 12.7 Å². The predicted molar refractivity (Wildman–Crippen MR) is 76.3 cm³/mol. The largest absolute Gasteiger partial charge is 0.435 e. The van der Waals surface area contributed by atoms with Gasteiger partial charge in [0.05, 0.1) is 5.75 Å². The second-order valence-electron chi connectivity index (χ2n) is 4.11. The van der Waals surface area contributed by atoms with E-state index in [9.17, 15) is 18.4 Å². The van der Waals surface area contributed by atoms with E-state index in [0.29, 0.717) is 10.8 Å². The van der Waals surface area contributed by atoms with Gasteiger partial charge >= 0.3 is 12.3 Å². The van der Waals surface area contributed by atoms with Gasteiger partial charge in [0.25, 0.3) is 0 Å². The molecule has 1 amide bonds. The lowest BCUT2D eigenvalue weighted by molar-refractivity contribution is -0.113. The molecule has 7 nitrogen and oxygen atoms in total. The molecule has 0 unspecified atom stereocenters. The van der Waals surface area contributed by atoms with E-state index in [1.165, 1.54) is 35.9 Å². The molecule has 1 heterocycles. The topological polar surface area (TPSA) is 89.0 Å². The number of aromatic amines is 1. The minimum Gasteiger partial charge on any atom is -0.435 e. The summed E-state index contributed by atoms with van der Waals surface area (Å²) in [5.74, 6) is -0.259. The number of rotatable bonds is 6. The summed E-state index contributed by atoms with van der Waals surface area (Å²) in [6.07, 6.45) is 0. The summed E-state index contributed by atoms with van der Waals surface area (Å²) in [6.45, 7) is -2.89. The molecule has 118 valence electrons. The van der Waals surface area contributed by atoms with Crippen molar-refractivity contribution >= 4 is 23.4 Å². The van der Waals surface area contributed by atoms with Gasteiger partial charge in [-0.25, -0.2) is 9.89 Å². The highest BCUT2D eigenvalue weighted by Gasteiger charge is 2.09. The maximum Gasteiger partial charge on any atom is 0.387 e. The zero-order chi connectivity index (χ0) is 16.1. The van der Waals surface area contributed by atoms with Crippen LogP contribution in [0.15, 0.2) is 34.2 Å². The van der Waals surface area contributed by atoms with Gasteiger partial charge < -0.3 is 10.1 Å². The summed E-state index contributed by atoms with van der Waals surface area (Å²) >= 11 is 1.09. The number of aromatic nitrogens is 3. The van der Waals surface area contributed by atoms with Crippen molar-refractivity contribution in [3.63, 3.8) is 0 Å². The van der Waals surface area contributed by atoms with Crippen molar-refractivity contribution < 1.29 is 18.3 Å². The minimum absolute atomic E-state index is 0.00824. The van der Waals surface area contributed by atoms with Crippen LogP contribution in [0.2, 0.25) is 0 Å². The number of alkyl halides is 2. The van der Waals surface area contributed by atoms with Crippen LogP contribution < -0.4 is 15.7 Å². The van der Waals surface area contributed by atoms with Gasteiger partial charge in [-0.3, -0.25) is 9.36 Å². The lowest BCUT2D eigenvalue weighted by Gasteiger charge is -2.07. The number of H-pyrrole nitrogens is 1. The van der Waals surface area contributed by atoms with Gasteiger partial charge in [-0.2, -0.15) is 8.78 Å². The molecule has 2 N–H and O–H groups in total. The van der Waals surface area contributed by atoms with Crippen LogP contribution in [0.1, 0.15) is 0 Å². The highest BCUT2D eigenvalue weighted by atomic mass is 32.2. The number of nitrogens with one attached hydrogen (secondary N) is 2. The summed E-state index contributed by atoms with van der Waals surface area (Å²) in [7, 11) is 1.54. The average molecular weight is 330 g/mol. The number of halogens is 2. The number of thioether (sulfide) groups is 1. The van der Waals surface area contributed by atoms with Gasteiger partial charge in [0.15, 0.2) is 5.16 Å². The van der Waals surface area contributed by atoms with Crippen molar-refractivity contribution in [3.8, 4) is 5.75 Å². The number of anilines is 1. The van der Waals surface area contributed by atoms with Crippen molar-refractivity contribution in [2.45, 2.75) is 11.8 Å². The summed E-state index contributed by atoms with van der Waals surface area (Å²) in [4.78, 5) is 22.9. The molecule has 0 atom stereocenters. The van der Waals surface area contributed by atoms with Crippen LogP contribution in [-0.2, 0) is 11.8 Å². The van der Waals surface area contributed by atoms with Crippen LogP contribution >= 0.6 is 11.8 Å². The Morgan fingerprint density at radius 3 is 2.68 bits per heavy atom. The highest BCUT2D eigenvalue weighted by molar-refractivity contribution is 7.99. The van der Waals surface area contributed by atoms with Crippen LogP contribution in [0.4, 0.5) is 14.5 Å². The second-order valence-corrected chi connectivity index (χ2v) is 5.05. The zero-order valence-electron chi connectivity index (χ0n) is 11.4. The predicted octanol–water partition coefficient (Wildman–Crippen LogP) is 1.44. The van der Waals surface area contributed by atoms with Gasteiger partial charge in [-0.1, -0.05) is 11.8 Å². The SMILES string of the molecule is Cn1c(SCC(=O)Nc2ccc(OC(F)F)cc2)n[nH]c1=O. The third kappa shape index (κ3) is 4.32. The quantitative estimate of drug-likeness (QED) is 0.783. The molecule has 0 aliphatic carbocycles. The molecule has 0 saturated heterocycles. The number of carbonyl (C=O) groups excluding carboxylic acids is 1. The van der Waals surface area contributed by atoms with E-state index < -0.39 is 6.61 Å². The Labute approximate surface area is 127 Å². The molecule has 0 fully saturated rings. The highest BCUT2D eigenvalue weighted by Crippen LogP contribution is 2.18. The Morgan fingerprint density at radius 1 is 1.45 bits per heavy atom. The number of ether oxygens (including phenoxy) is 1. The van der Waals surface area contributed by atoms with E-state index in [1.807, 2.05) is 0 Å². The van der Waals surface area contributed by atoms with Crippen LogP contribution in [0.5, 0.6) is 5.75 Å². The Bertz CT molecular complexity index is 699. The molecule has 0 aliphatic rings. The maximum absolute atomic E-state index is 12.0. The zero-order valence-corrected chi connectivity index (χ0v) is 12.2. The fourth-order valence-corrected chi connectivity index (χ4v) is 2.23. The average Bonchev–Trinajstić information content (AvgIpc) is 2.78. The standard InChI is InChI=1S/C12H12F2N4O3S/c1-18-11(20)16-17-12(18)22-6-9(19)15-7-2-4-8(5-3-7)21-10(13)14/h2-5,10H,6H2,1H3,(H,15,19)(H,16,20). The molecule has 2 aromatic rings. The van der Waals surface area contributed by atoms with Crippen LogP contribution in [0, 0.1) is 0 Å². The van der Waals surface area contributed by atoms with E-state index in [0.717, 1.165) is 11.8 Å². The van der Waals surface area contributed by atoms with Crippen LogP contribution in [0.3, 0.4) is 0 Å². The first-order valence-electron chi connectivity index (χ1n) is 6.04.